The van der Waals surface area contributed by atoms with E-state index in [1.165, 1.54) is 32.6 Å². The Morgan fingerprint density at radius 3 is 2.36 bits per heavy atom. The lowest BCUT2D eigenvalue weighted by atomic mass is 10.2. The number of hydrogen-bond acceptors (Lipinski definition) is 3. The van der Waals surface area contributed by atoms with E-state index in [1.807, 2.05) is 24.3 Å². The first-order valence-electron chi connectivity index (χ1n) is 8.00. The predicted molar refractivity (Wildman–Crippen MR) is 89.0 cm³/mol. The van der Waals surface area contributed by atoms with Crippen molar-refractivity contribution in [3.8, 4) is 0 Å². The summed E-state index contributed by atoms with van der Waals surface area (Å²) in [6.45, 7) is 5.14. The summed E-state index contributed by atoms with van der Waals surface area (Å²) >= 11 is 0. The lowest BCUT2D eigenvalue weighted by Crippen LogP contribution is -2.40. The van der Waals surface area contributed by atoms with Gasteiger partial charge in [0, 0.05) is 20.0 Å². The van der Waals surface area contributed by atoms with E-state index in [0.29, 0.717) is 0 Å². The van der Waals surface area contributed by atoms with Crippen LogP contribution in [-0.2, 0) is 9.59 Å². The van der Waals surface area contributed by atoms with Crippen LogP contribution >= 0.6 is 0 Å². The highest BCUT2D eigenvalue weighted by atomic mass is 16.2. The highest BCUT2D eigenvalue weighted by Crippen LogP contribution is 2.28. The van der Waals surface area contributed by atoms with Gasteiger partial charge in [0.25, 0.3) is 0 Å². The van der Waals surface area contributed by atoms with Crippen LogP contribution in [0.5, 0.6) is 0 Å². The molecule has 1 saturated heterocycles. The van der Waals surface area contributed by atoms with Gasteiger partial charge in [-0.05, 0) is 31.9 Å². The topological polar surface area (TPSA) is 61.4 Å². The van der Waals surface area contributed by atoms with Crippen molar-refractivity contribution >= 4 is 23.2 Å². The molecule has 1 heterocycles. The molecule has 120 valence electrons. The largest absolute Gasteiger partial charge is 0.370 e. The van der Waals surface area contributed by atoms with E-state index >= 15 is 0 Å². The molecule has 0 radical (unpaired) electrons. The molecule has 1 aliphatic heterocycles. The molecule has 0 bridgehead atoms. The van der Waals surface area contributed by atoms with Gasteiger partial charge in [0.05, 0.1) is 11.4 Å². The van der Waals surface area contributed by atoms with Gasteiger partial charge in [0.1, 0.15) is 6.04 Å². The van der Waals surface area contributed by atoms with Crippen molar-refractivity contribution in [3.63, 3.8) is 0 Å². The van der Waals surface area contributed by atoms with Gasteiger partial charge in [-0.25, -0.2) is 0 Å². The minimum Gasteiger partial charge on any atom is -0.370 e. The zero-order valence-corrected chi connectivity index (χ0v) is 13.4. The van der Waals surface area contributed by atoms with Gasteiger partial charge in [-0.15, -0.1) is 0 Å². The number of hydrogen-bond donors (Lipinski definition) is 2. The molecule has 22 heavy (non-hydrogen) atoms. The van der Waals surface area contributed by atoms with Gasteiger partial charge < -0.3 is 15.5 Å². The van der Waals surface area contributed by atoms with Crippen LogP contribution in [0.25, 0.3) is 0 Å². The normalized spacial score (nSPS) is 16.5. The van der Waals surface area contributed by atoms with E-state index < -0.39 is 6.04 Å². The van der Waals surface area contributed by atoms with Gasteiger partial charge >= 0.3 is 0 Å². The monoisotopic (exact) mass is 303 g/mol. The van der Waals surface area contributed by atoms with Gasteiger partial charge in [0.15, 0.2) is 0 Å². The number of amides is 2. The summed E-state index contributed by atoms with van der Waals surface area (Å²) in [6, 6.07) is 7.32. The van der Waals surface area contributed by atoms with Crippen molar-refractivity contribution in [2.45, 2.75) is 45.6 Å². The van der Waals surface area contributed by atoms with Crippen LogP contribution < -0.4 is 15.5 Å². The number of carbonyl (C=O) groups is 2. The van der Waals surface area contributed by atoms with Gasteiger partial charge in [-0.3, -0.25) is 9.59 Å². The second-order valence-electron chi connectivity index (χ2n) is 5.83. The molecular formula is C17H25N3O2. The van der Waals surface area contributed by atoms with Crippen LogP contribution in [0.2, 0.25) is 0 Å². The number of nitrogens with one attached hydrogen (secondary N) is 2. The molecule has 0 spiro atoms. The van der Waals surface area contributed by atoms with E-state index in [2.05, 4.69) is 15.5 Å². The number of rotatable bonds is 4. The number of carbonyl (C=O) groups excluding carboxylic acids is 2. The third kappa shape index (κ3) is 4.48. The Labute approximate surface area is 132 Å². The molecule has 2 N–H and O–H groups in total. The van der Waals surface area contributed by atoms with Crippen molar-refractivity contribution in [2.75, 3.05) is 23.3 Å². The second kappa shape index (κ2) is 7.82. The summed E-state index contributed by atoms with van der Waals surface area (Å²) in [7, 11) is 0. The van der Waals surface area contributed by atoms with Gasteiger partial charge in [0.2, 0.25) is 11.8 Å². The molecular weight excluding hydrogens is 278 g/mol. The van der Waals surface area contributed by atoms with Crippen LogP contribution in [0.3, 0.4) is 0 Å². The molecule has 5 heteroatoms. The summed E-state index contributed by atoms with van der Waals surface area (Å²) < 4.78 is 0. The van der Waals surface area contributed by atoms with Crippen molar-refractivity contribution in [1.82, 2.24) is 5.32 Å². The van der Waals surface area contributed by atoms with Crippen LogP contribution in [0.1, 0.15) is 39.5 Å². The van der Waals surface area contributed by atoms with E-state index in [-0.39, 0.29) is 11.8 Å². The van der Waals surface area contributed by atoms with Crippen molar-refractivity contribution in [3.05, 3.63) is 24.3 Å². The fourth-order valence-electron chi connectivity index (χ4n) is 2.78. The second-order valence-corrected chi connectivity index (χ2v) is 5.83. The Morgan fingerprint density at radius 2 is 1.73 bits per heavy atom. The fraction of sp³-hybridized carbons (Fsp3) is 0.529. The van der Waals surface area contributed by atoms with Gasteiger partial charge in [-0.1, -0.05) is 25.0 Å². The Hall–Kier alpha value is -2.04. The summed E-state index contributed by atoms with van der Waals surface area (Å²) in [5.74, 6) is -0.402. The fourth-order valence-corrected chi connectivity index (χ4v) is 2.78. The molecule has 1 aromatic rings. The molecule has 1 unspecified atom stereocenters. The highest BCUT2D eigenvalue weighted by Gasteiger charge is 2.18. The lowest BCUT2D eigenvalue weighted by Gasteiger charge is -2.26. The zero-order chi connectivity index (χ0) is 15.9. The van der Waals surface area contributed by atoms with Crippen molar-refractivity contribution in [2.24, 2.45) is 0 Å². The number of para-hydroxylation sites is 2. The average molecular weight is 303 g/mol. The minimum atomic E-state index is -0.547. The molecule has 5 nitrogen and oxygen atoms in total. The molecule has 2 rings (SSSR count). The molecule has 1 aliphatic rings. The molecule has 1 fully saturated rings. The number of nitrogens with zero attached hydrogens (tertiary/aromatic N) is 1. The first kappa shape index (κ1) is 16.3. The van der Waals surface area contributed by atoms with Crippen LogP contribution in [0.4, 0.5) is 11.4 Å². The SMILES string of the molecule is CC(=O)NC(C)C(=O)Nc1ccccc1N1CCCCCC1. The Kier molecular flexibility index (Phi) is 5.81. The van der Waals surface area contributed by atoms with E-state index in [9.17, 15) is 9.59 Å². The molecule has 0 saturated carbocycles. The lowest BCUT2D eigenvalue weighted by molar-refractivity contribution is -0.124. The van der Waals surface area contributed by atoms with E-state index in [0.717, 1.165) is 24.5 Å². The van der Waals surface area contributed by atoms with Crippen molar-refractivity contribution < 1.29 is 9.59 Å². The molecule has 1 atom stereocenters. The molecule has 0 aliphatic carbocycles. The van der Waals surface area contributed by atoms with Crippen LogP contribution in [0.15, 0.2) is 24.3 Å². The first-order valence-corrected chi connectivity index (χ1v) is 8.00. The summed E-state index contributed by atoms with van der Waals surface area (Å²) in [5.41, 5.74) is 1.87. The third-order valence-electron chi connectivity index (χ3n) is 3.92. The molecule has 0 aromatic heterocycles. The summed E-state index contributed by atoms with van der Waals surface area (Å²) in [5, 5.41) is 5.55. The average Bonchev–Trinajstić information content (AvgIpc) is 2.76. The summed E-state index contributed by atoms with van der Waals surface area (Å²) in [4.78, 5) is 25.6. The zero-order valence-electron chi connectivity index (χ0n) is 13.4. The van der Waals surface area contributed by atoms with E-state index in [4.69, 9.17) is 0 Å². The Bertz CT molecular complexity index is 522. The maximum Gasteiger partial charge on any atom is 0.246 e. The summed E-state index contributed by atoms with van der Waals surface area (Å²) in [6.07, 6.45) is 4.91. The quantitative estimate of drug-likeness (QED) is 0.898. The maximum absolute atomic E-state index is 12.2. The highest BCUT2D eigenvalue weighted by molar-refractivity contribution is 5.99. The minimum absolute atomic E-state index is 0.197. The smallest absolute Gasteiger partial charge is 0.246 e. The Morgan fingerprint density at radius 1 is 1.09 bits per heavy atom. The first-order chi connectivity index (χ1) is 10.6. The number of benzene rings is 1. The maximum atomic E-state index is 12.2. The van der Waals surface area contributed by atoms with Gasteiger partial charge in [-0.2, -0.15) is 0 Å². The molecule has 2 amide bonds. The standard InChI is InChI=1S/C17H25N3O2/c1-13(18-14(2)21)17(22)19-15-9-5-6-10-16(15)20-11-7-3-4-8-12-20/h5-6,9-10,13H,3-4,7-8,11-12H2,1-2H3,(H,18,21)(H,19,22). The van der Waals surface area contributed by atoms with E-state index in [1.54, 1.807) is 6.92 Å². The van der Waals surface area contributed by atoms with Crippen molar-refractivity contribution in [1.29, 1.82) is 0 Å². The Balaban J connectivity index is 2.10. The third-order valence-corrected chi connectivity index (χ3v) is 3.92. The predicted octanol–water partition coefficient (Wildman–Crippen LogP) is 2.53. The number of anilines is 2. The van der Waals surface area contributed by atoms with Crippen LogP contribution in [-0.4, -0.2) is 30.9 Å². The van der Waals surface area contributed by atoms with Crippen LogP contribution in [0, 0.1) is 0 Å². The molecule has 1 aromatic carbocycles.